The molecule has 126 valence electrons. The Bertz CT molecular complexity index is 584. The first-order chi connectivity index (χ1) is 11.8. The Balaban J connectivity index is 2.24. The van der Waals surface area contributed by atoms with Gasteiger partial charge in [0.15, 0.2) is 0 Å². The summed E-state index contributed by atoms with van der Waals surface area (Å²) in [4.78, 5) is 5.23. The number of hydrogen-bond donors (Lipinski definition) is 0. The lowest BCUT2D eigenvalue weighted by Crippen LogP contribution is -2.16. The van der Waals surface area contributed by atoms with E-state index in [2.05, 4.69) is 74.5 Å². The molecule has 2 aromatic rings. The zero-order valence-electron chi connectivity index (χ0n) is 15.2. The summed E-state index contributed by atoms with van der Waals surface area (Å²) in [5.74, 6) is 0. The van der Waals surface area contributed by atoms with E-state index in [1.807, 2.05) is 0 Å². The van der Waals surface area contributed by atoms with Gasteiger partial charge in [0.25, 0.3) is 6.85 Å². The molecule has 2 aromatic carbocycles. The van der Waals surface area contributed by atoms with Crippen LogP contribution in [0.1, 0.15) is 50.7 Å². The van der Waals surface area contributed by atoms with E-state index in [1.54, 1.807) is 0 Å². The van der Waals surface area contributed by atoms with Gasteiger partial charge >= 0.3 is 0 Å². The van der Waals surface area contributed by atoms with E-state index in [0.717, 1.165) is 6.42 Å². The highest BCUT2D eigenvalue weighted by Gasteiger charge is 2.14. The zero-order chi connectivity index (χ0) is 17.0. The van der Waals surface area contributed by atoms with Gasteiger partial charge in [0, 0.05) is 12.1 Å². The molecule has 0 aliphatic carbocycles. The Morgan fingerprint density at radius 2 is 1.33 bits per heavy atom. The first-order valence-electron chi connectivity index (χ1n) is 9.49. The molecule has 0 saturated carbocycles. The van der Waals surface area contributed by atoms with Crippen molar-refractivity contribution < 1.29 is 0 Å². The van der Waals surface area contributed by atoms with Crippen LogP contribution in [0.2, 0.25) is 12.6 Å². The summed E-state index contributed by atoms with van der Waals surface area (Å²) < 4.78 is 0. The smallest absolute Gasteiger partial charge is 0.279 e. The maximum absolute atomic E-state index is 5.23. The van der Waals surface area contributed by atoms with E-state index in [9.17, 15) is 0 Å². The fourth-order valence-electron chi connectivity index (χ4n) is 3.02. The number of rotatable bonds is 10. The molecular formula is C22H30BN. The van der Waals surface area contributed by atoms with E-state index in [1.165, 1.54) is 55.2 Å². The second kappa shape index (κ2) is 10.9. The van der Waals surface area contributed by atoms with Gasteiger partial charge in [-0.25, -0.2) is 0 Å². The van der Waals surface area contributed by atoms with Gasteiger partial charge in [0.1, 0.15) is 0 Å². The molecule has 24 heavy (non-hydrogen) atoms. The summed E-state index contributed by atoms with van der Waals surface area (Å²) in [6.07, 6.45) is 8.37. The van der Waals surface area contributed by atoms with Gasteiger partial charge in [0.2, 0.25) is 0 Å². The first-order valence-corrected chi connectivity index (χ1v) is 9.49. The molecule has 0 atom stereocenters. The Hall–Kier alpha value is -1.83. The molecule has 0 aliphatic rings. The second-order valence-corrected chi connectivity index (χ2v) is 6.54. The lowest BCUT2D eigenvalue weighted by molar-refractivity contribution is 0.839. The van der Waals surface area contributed by atoms with E-state index in [4.69, 9.17) is 4.90 Å². The van der Waals surface area contributed by atoms with Gasteiger partial charge in [-0.3, -0.25) is 0 Å². The van der Waals surface area contributed by atoms with Crippen LogP contribution in [0, 0.1) is 0 Å². The molecular weight excluding hydrogens is 289 g/mol. The third-order valence-electron chi connectivity index (χ3n) is 4.44. The van der Waals surface area contributed by atoms with Gasteiger partial charge in [0.05, 0.1) is 0 Å². The summed E-state index contributed by atoms with van der Waals surface area (Å²) in [6.45, 7) is 4.99. The minimum Gasteiger partial charge on any atom is -0.345 e. The summed E-state index contributed by atoms with van der Waals surface area (Å²) in [5.41, 5.74) is 3.84. The van der Waals surface area contributed by atoms with Crippen molar-refractivity contribution in [1.82, 2.24) is 0 Å². The van der Waals surface area contributed by atoms with Crippen LogP contribution in [-0.4, -0.2) is 12.6 Å². The molecule has 0 saturated heterocycles. The Morgan fingerprint density at radius 3 is 1.88 bits per heavy atom. The molecule has 0 heterocycles. The van der Waals surface area contributed by atoms with Gasteiger partial charge in [-0.05, 0) is 11.1 Å². The van der Waals surface area contributed by atoms with E-state index >= 15 is 0 Å². The van der Waals surface area contributed by atoms with Crippen molar-refractivity contribution >= 4 is 12.6 Å². The minimum atomic E-state index is 0.462. The van der Waals surface area contributed by atoms with E-state index in [0.29, 0.717) is 6.85 Å². The van der Waals surface area contributed by atoms with Crippen molar-refractivity contribution in [3.05, 3.63) is 71.8 Å². The molecule has 1 nitrogen and oxygen atoms in total. The van der Waals surface area contributed by atoms with Crippen molar-refractivity contribution in [3.8, 4) is 0 Å². The molecule has 0 aliphatic heterocycles. The largest absolute Gasteiger partial charge is 0.345 e. The van der Waals surface area contributed by atoms with Crippen LogP contribution in [0.25, 0.3) is 0 Å². The predicted molar refractivity (Wildman–Crippen MR) is 108 cm³/mol. The second-order valence-electron chi connectivity index (χ2n) is 6.54. The lowest BCUT2D eigenvalue weighted by Gasteiger charge is -2.13. The molecule has 0 aromatic heterocycles. The van der Waals surface area contributed by atoms with Crippen LogP contribution in [0.4, 0.5) is 0 Å². The third-order valence-corrected chi connectivity index (χ3v) is 4.44. The Labute approximate surface area is 148 Å². The topological polar surface area (TPSA) is 12.4 Å². The fourth-order valence-corrected chi connectivity index (χ4v) is 3.02. The molecule has 2 heteroatoms. The first kappa shape index (κ1) is 18.5. The van der Waals surface area contributed by atoms with E-state index < -0.39 is 0 Å². The lowest BCUT2D eigenvalue weighted by atomic mass is 9.55. The fraction of sp³-hybridized carbons (Fsp3) is 0.409. The average Bonchev–Trinajstić information content (AvgIpc) is 2.64. The normalized spacial score (nSPS) is 11.5. The van der Waals surface area contributed by atoms with Crippen LogP contribution in [0.3, 0.4) is 0 Å². The van der Waals surface area contributed by atoms with Gasteiger partial charge in [-0.1, -0.05) is 113 Å². The number of nitrogens with zero attached hydrogens (tertiary/aromatic N) is 1. The molecule has 0 radical (unpaired) electrons. The third kappa shape index (κ3) is 6.35. The monoisotopic (exact) mass is 319 g/mol. The highest BCUT2D eigenvalue weighted by atomic mass is 14.7. The average molecular weight is 319 g/mol. The SMILES string of the molecule is CCCCB(CCCC)/N=C(/Cc1ccccc1)c1ccccc1. The van der Waals surface area contributed by atoms with Crippen LogP contribution in [-0.2, 0) is 6.42 Å². The van der Waals surface area contributed by atoms with Crippen molar-refractivity contribution in [2.75, 3.05) is 0 Å². The molecule has 0 fully saturated rings. The molecule has 0 spiro atoms. The maximum Gasteiger partial charge on any atom is 0.279 e. The molecule has 0 N–H and O–H groups in total. The predicted octanol–water partition coefficient (Wildman–Crippen LogP) is 6.31. The zero-order valence-corrected chi connectivity index (χ0v) is 15.2. The van der Waals surface area contributed by atoms with Gasteiger partial charge in [-0.15, -0.1) is 0 Å². The molecule has 0 amide bonds. The van der Waals surface area contributed by atoms with Crippen LogP contribution in [0.15, 0.2) is 65.6 Å². The van der Waals surface area contributed by atoms with Crippen molar-refractivity contribution in [3.63, 3.8) is 0 Å². The van der Waals surface area contributed by atoms with Crippen molar-refractivity contribution in [1.29, 1.82) is 0 Å². The van der Waals surface area contributed by atoms with Crippen LogP contribution in [0.5, 0.6) is 0 Å². The number of unbranched alkanes of at least 4 members (excludes halogenated alkanes) is 2. The highest BCUT2D eigenvalue weighted by Crippen LogP contribution is 2.15. The Kier molecular flexibility index (Phi) is 8.37. The van der Waals surface area contributed by atoms with E-state index in [-0.39, 0.29) is 0 Å². The van der Waals surface area contributed by atoms with Crippen molar-refractivity contribution in [2.45, 2.75) is 58.6 Å². The summed E-state index contributed by atoms with van der Waals surface area (Å²) >= 11 is 0. The minimum absolute atomic E-state index is 0.462. The molecule has 0 bridgehead atoms. The standard InChI is InChI=1S/C22H30BN/c1-3-5-17-23(18-6-4-2)24-22(21-15-11-8-12-16-21)19-20-13-9-7-10-14-20/h7-16H,3-6,17-19H2,1-2H3/b24-22-. The van der Waals surface area contributed by atoms with Crippen LogP contribution >= 0.6 is 0 Å². The summed E-state index contributed by atoms with van der Waals surface area (Å²) in [6, 6.07) is 21.4. The van der Waals surface area contributed by atoms with Crippen molar-refractivity contribution in [2.24, 2.45) is 4.90 Å². The molecule has 2 rings (SSSR count). The maximum atomic E-state index is 5.23. The van der Waals surface area contributed by atoms with Gasteiger partial charge < -0.3 is 4.90 Å². The Morgan fingerprint density at radius 1 is 0.792 bits per heavy atom. The summed E-state index contributed by atoms with van der Waals surface area (Å²) in [7, 11) is 0. The summed E-state index contributed by atoms with van der Waals surface area (Å²) in [5, 5.41) is 0. The van der Waals surface area contributed by atoms with Crippen LogP contribution < -0.4 is 0 Å². The highest BCUT2D eigenvalue weighted by molar-refractivity contribution is 6.58. The quantitative estimate of drug-likeness (QED) is 0.359. The molecule has 0 unspecified atom stereocenters. The number of hydrogen-bond acceptors (Lipinski definition) is 1. The number of benzene rings is 2. The van der Waals surface area contributed by atoms with Gasteiger partial charge in [-0.2, -0.15) is 0 Å².